The van der Waals surface area contributed by atoms with E-state index in [1.807, 2.05) is 4.72 Å². The zero-order chi connectivity index (χ0) is 17.5. The van der Waals surface area contributed by atoms with Gasteiger partial charge in [-0.1, -0.05) is 48.9 Å². The molecule has 2 N–H and O–H groups in total. The molecule has 134 valence electrons. The minimum atomic E-state index is -4.02. The van der Waals surface area contributed by atoms with Gasteiger partial charge in [-0.05, 0) is 31.1 Å². The van der Waals surface area contributed by atoms with E-state index in [0.717, 1.165) is 23.7 Å². The molecular formula is C15H20Cl2N2O3S2. The average molecular weight is 411 g/mol. The highest BCUT2D eigenvalue weighted by Crippen LogP contribution is 2.49. The van der Waals surface area contributed by atoms with E-state index < -0.39 is 16.1 Å². The van der Waals surface area contributed by atoms with Crippen LogP contribution in [-0.4, -0.2) is 21.0 Å². The van der Waals surface area contributed by atoms with Crippen molar-refractivity contribution in [3.8, 4) is 0 Å². The van der Waals surface area contributed by atoms with Crippen LogP contribution in [0.3, 0.4) is 0 Å². The van der Waals surface area contributed by atoms with Crippen LogP contribution in [0.2, 0.25) is 8.67 Å². The molecule has 1 aromatic heterocycles. The number of hydrogen-bond acceptors (Lipinski definition) is 4. The molecule has 2 unspecified atom stereocenters. The van der Waals surface area contributed by atoms with Crippen LogP contribution >= 0.6 is 34.5 Å². The minimum Gasteiger partial charge on any atom is -0.337 e. The van der Waals surface area contributed by atoms with Gasteiger partial charge < -0.3 is 5.32 Å². The lowest BCUT2D eigenvalue weighted by atomic mass is 10.0. The molecule has 3 rings (SSSR count). The van der Waals surface area contributed by atoms with Crippen LogP contribution in [0.1, 0.15) is 37.7 Å². The second-order valence-electron chi connectivity index (χ2n) is 6.62. The summed E-state index contributed by atoms with van der Waals surface area (Å²) in [7, 11) is -4.02. The van der Waals surface area contributed by atoms with Crippen LogP contribution in [0.5, 0.6) is 0 Å². The first-order valence-electron chi connectivity index (χ1n) is 8.04. The Kier molecular flexibility index (Phi) is 5.35. The Hall–Kier alpha value is -0.500. The SMILES string of the molecule is Cc1c(Cl)sc(Cl)c1S(=O)(=O)NC(=O)NCC1CC1C1CCCC1. The number of amides is 2. The van der Waals surface area contributed by atoms with Gasteiger partial charge in [-0.25, -0.2) is 17.9 Å². The fourth-order valence-corrected chi connectivity index (χ4v) is 7.14. The summed E-state index contributed by atoms with van der Waals surface area (Å²) < 4.78 is 27.0. The number of halogens is 2. The number of rotatable bonds is 5. The van der Waals surface area contributed by atoms with Crippen molar-refractivity contribution >= 4 is 50.6 Å². The van der Waals surface area contributed by atoms with Crippen LogP contribution < -0.4 is 10.0 Å². The molecule has 1 heterocycles. The maximum atomic E-state index is 12.3. The van der Waals surface area contributed by atoms with Gasteiger partial charge in [0.1, 0.15) is 9.23 Å². The van der Waals surface area contributed by atoms with Gasteiger partial charge in [0.15, 0.2) is 0 Å². The van der Waals surface area contributed by atoms with E-state index in [2.05, 4.69) is 5.32 Å². The van der Waals surface area contributed by atoms with Gasteiger partial charge in [-0.15, -0.1) is 11.3 Å². The van der Waals surface area contributed by atoms with E-state index in [-0.39, 0.29) is 9.23 Å². The summed E-state index contributed by atoms with van der Waals surface area (Å²) in [5, 5.41) is 2.67. The molecule has 0 saturated heterocycles. The zero-order valence-electron chi connectivity index (χ0n) is 13.3. The number of thiophene rings is 1. The summed E-state index contributed by atoms with van der Waals surface area (Å²) in [6, 6.07) is -0.718. The van der Waals surface area contributed by atoms with Crippen molar-refractivity contribution in [2.45, 2.75) is 43.9 Å². The van der Waals surface area contributed by atoms with Gasteiger partial charge in [0.25, 0.3) is 10.0 Å². The van der Waals surface area contributed by atoms with Crippen LogP contribution in [0.25, 0.3) is 0 Å². The summed E-state index contributed by atoms with van der Waals surface area (Å²) in [6.45, 7) is 2.08. The topological polar surface area (TPSA) is 75.3 Å². The fraction of sp³-hybridized carbons (Fsp3) is 0.667. The highest BCUT2D eigenvalue weighted by atomic mass is 35.5. The van der Waals surface area contributed by atoms with E-state index >= 15 is 0 Å². The molecule has 2 aliphatic rings. The predicted octanol–water partition coefficient (Wildman–Crippen LogP) is 4.18. The number of nitrogens with one attached hydrogen (secondary N) is 2. The van der Waals surface area contributed by atoms with Gasteiger partial charge in [0, 0.05) is 12.1 Å². The molecule has 5 nitrogen and oxygen atoms in total. The summed E-state index contributed by atoms with van der Waals surface area (Å²) >= 11 is 12.8. The largest absolute Gasteiger partial charge is 0.337 e. The van der Waals surface area contributed by atoms with Crippen molar-refractivity contribution in [3.05, 3.63) is 14.2 Å². The number of urea groups is 1. The lowest BCUT2D eigenvalue weighted by Gasteiger charge is -2.10. The third-order valence-corrected chi connectivity index (χ3v) is 8.54. The standard InChI is InChI=1S/C15H20Cl2N2O3S2/c1-8-12(14(17)23-13(8)16)24(21,22)19-15(20)18-7-10-6-11(10)9-4-2-3-5-9/h9-11H,2-7H2,1H3,(H2,18,19,20). The highest BCUT2D eigenvalue weighted by Gasteiger charge is 2.43. The van der Waals surface area contributed by atoms with Crippen molar-refractivity contribution < 1.29 is 13.2 Å². The normalized spacial score (nSPS) is 24.1. The summed E-state index contributed by atoms with van der Waals surface area (Å²) in [6.07, 6.45) is 6.33. The van der Waals surface area contributed by atoms with Gasteiger partial charge in [-0.2, -0.15) is 0 Å². The monoisotopic (exact) mass is 410 g/mol. The molecule has 2 fully saturated rings. The van der Waals surface area contributed by atoms with E-state index in [0.29, 0.717) is 28.3 Å². The van der Waals surface area contributed by atoms with Gasteiger partial charge in [0.05, 0.1) is 4.34 Å². The summed E-state index contributed by atoms with van der Waals surface area (Å²) in [4.78, 5) is 11.8. The molecule has 0 bridgehead atoms. The summed E-state index contributed by atoms with van der Waals surface area (Å²) in [5.41, 5.74) is 0.357. The third-order valence-electron chi connectivity index (χ3n) is 5.00. The molecule has 0 radical (unpaired) electrons. The number of carbonyl (C=O) groups excluding carboxylic acids is 1. The first kappa shape index (κ1) is 18.3. The smallest absolute Gasteiger partial charge is 0.328 e. The Labute approximate surface area is 156 Å². The Morgan fingerprint density at radius 3 is 2.50 bits per heavy atom. The average Bonchev–Trinajstić information content (AvgIpc) is 2.93. The Morgan fingerprint density at radius 1 is 1.25 bits per heavy atom. The van der Waals surface area contributed by atoms with Crippen molar-refractivity contribution in [2.24, 2.45) is 17.8 Å². The zero-order valence-corrected chi connectivity index (χ0v) is 16.4. The molecule has 0 aromatic carbocycles. The Bertz CT molecular complexity index is 742. The third kappa shape index (κ3) is 3.84. The first-order valence-corrected chi connectivity index (χ1v) is 11.1. The molecule has 0 aliphatic heterocycles. The van der Waals surface area contributed by atoms with Crippen LogP contribution in [0, 0.1) is 24.7 Å². The lowest BCUT2D eigenvalue weighted by molar-refractivity contribution is 0.245. The maximum absolute atomic E-state index is 12.3. The molecule has 1 aromatic rings. The van der Waals surface area contributed by atoms with Crippen LogP contribution in [-0.2, 0) is 10.0 Å². The fourth-order valence-electron chi connectivity index (χ4n) is 3.65. The second-order valence-corrected chi connectivity index (χ2v) is 10.5. The highest BCUT2D eigenvalue weighted by molar-refractivity contribution is 7.90. The van der Waals surface area contributed by atoms with Crippen molar-refractivity contribution in [2.75, 3.05) is 6.54 Å². The number of carbonyl (C=O) groups is 1. The van der Waals surface area contributed by atoms with Crippen LogP contribution in [0.4, 0.5) is 4.79 Å². The second kappa shape index (κ2) is 7.02. The van der Waals surface area contributed by atoms with Crippen molar-refractivity contribution in [3.63, 3.8) is 0 Å². The molecule has 24 heavy (non-hydrogen) atoms. The molecule has 2 amide bonds. The van der Waals surface area contributed by atoms with E-state index in [9.17, 15) is 13.2 Å². The molecule has 2 saturated carbocycles. The Balaban J connectivity index is 1.53. The number of sulfonamides is 1. The number of hydrogen-bond donors (Lipinski definition) is 2. The quantitative estimate of drug-likeness (QED) is 0.764. The lowest BCUT2D eigenvalue weighted by Crippen LogP contribution is -2.40. The first-order chi connectivity index (χ1) is 11.3. The maximum Gasteiger partial charge on any atom is 0.328 e. The Morgan fingerprint density at radius 2 is 1.92 bits per heavy atom. The van der Waals surface area contributed by atoms with Crippen LogP contribution in [0.15, 0.2) is 4.90 Å². The van der Waals surface area contributed by atoms with E-state index in [1.165, 1.54) is 25.7 Å². The van der Waals surface area contributed by atoms with Gasteiger partial charge >= 0.3 is 6.03 Å². The van der Waals surface area contributed by atoms with E-state index in [4.69, 9.17) is 23.2 Å². The van der Waals surface area contributed by atoms with Crippen molar-refractivity contribution in [1.29, 1.82) is 0 Å². The summed E-state index contributed by atoms with van der Waals surface area (Å²) in [5.74, 6) is 1.96. The molecule has 9 heteroatoms. The molecular weight excluding hydrogens is 391 g/mol. The van der Waals surface area contributed by atoms with E-state index in [1.54, 1.807) is 6.92 Å². The van der Waals surface area contributed by atoms with Crippen molar-refractivity contribution in [1.82, 2.24) is 10.0 Å². The molecule has 2 atom stereocenters. The predicted molar refractivity (Wildman–Crippen MR) is 96.4 cm³/mol. The van der Waals surface area contributed by atoms with Gasteiger partial charge in [-0.3, -0.25) is 0 Å². The van der Waals surface area contributed by atoms with Gasteiger partial charge in [0.2, 0.25) is 0 Å². The molecule has 0 spiro atoms. The minimum absolute atomic E-state index is 0.0568. The molecule has 2 aliphatic carbocycles.